The second-order valence-electron chi connectivity index (χ2n) is 8.98. The summed E-state index contributed by atoms with van der Waals surface area (Å²) in [6.45, 7) is 3.36. The van der Waals surface area contributed by atoms with E-state index in [9.17, 15) is 19.2 Å². The fraction of sp³-hybridized carbons (Fsp3) is 0.739. The minimum absolute atomic E-state index is 0.0192. The number of hydrazine groups is 1. The molecule has 1 saturated heterocycles. The van der Waals surface area contributed by atoms with Gasteiger partial charge in [-0.15, -0.1) is 0 Å². The van der Waals surface area contributed by atoms with Crippen LogP contribution in [-0.4, -0.2) is 63.8 Å². The maximum absolute atomic E-state index is 13.2. The molecule has 198 valence electrons. The van der Waals surface area contributed by atoms with Gasteiger partial charge in [0.05, 0.1) is 0 Å². The first-order valence-electron chi connectivity index (χ1n) is 12.0. The molecule has 9 nitrogen and oxygen atoms in total. The number of halogens is 3. The zero-order valence-electron chi connectivity index (χ0n) is 20.2. The van der Waals surface area contributed by atoms with Gasteiger partial charge in [-0.2, -0.15) is 0 Å². The summed E-state index contributed by atoms with van der Waals surface area (Å²) in [5.74, 6) is -1.64. The number of nitrogens with zero attached hydrogens (tertiary/aromatic N) is 1. The maximum atomic E-state index is 13.2. The van der Waals surface area contributed by atoms with E-state index in [1.807, 2.05) is 6.92 Å². The summed E-state index contributed by atoms with van der Waals surface area (Å²) in [6.07, 6.45) is 9.50. The van der Waals surface area contributed by atoms with Crippen molar-refractivity contribution in [2.24, 2.45) is 5.92 Å². The van der Waals surface area contributed by atoms with Crippen molar-refractivity contribution in [3.63, 3.8) is 0 Å². The fourth-order valence-corrected chi connectivity index (χ4v) is 4.45. The monoisotopic (exact) mass is 552 g/mol. The molecular formula is C23H35Cl3N4O5. The van der Waals surface area contributed by atoms with E-state index in [4.69, 9.17) is 39.5 Å². The third-order valence-corrected chi connectivity index (χ3v) is 6.43. The van der Waals surface area contributed by atoms with Crippen molar-refractivity contribution < 1.29 is 23.9 Å². The fourth-order valence-electron chi connectivity index (χ4n) is 4.29. The van der Waals surface area contributed by atoms with Gasteiger partial charge in [-0.25, -0.2) is 5.43 Å². The average Bonchev–Trinajstić information content (AvgIpc) is 2.84. The molecule has 3 N–H and O–H groups in total. The normalized spacial score (nSPS) is 21.3. The molecule has 35 heavy (non-hydrogen) atoms. The smallest absolute Gasteiger partial charge is 0.325 e. The first-order valence-corrected chi connectivity index (χ1v) is 13.2. The molecule has 2 rings (SSSR count). The predicted octanol–water partition coefficient (Wildman–Crippen LogP) is 2.93. The van der Waals surface area contributed by atoms with E-state index in [2.05, 4.69) is 16.1 Å². The standard InChI is InChI=1S/C23H35Cl3N4O5/c1-3-4-12-18(31)28-19(16-9-6-5-7-10-16)20(32)27-15(2)21(33)30-13-8-11-17(29-30)22(34)35-14-23(24,25)26/h3-4,15-17,19,29H,5-14H2,1-2H3,(H,27,32)(H,28,31)/t15-,17-,19-/m0/s1. The highest BCUT2D eigenvalue weighted by molar-refractivity contribution is 6.67. The highest BCUT2D eigenvalue weighted by Gasteiger charge is 2.35. The number of hydrogen-bond acceptors (Lipinski definition) is 6. The molecule has 3 atom stereocenters. The first-order chi connectivity index (χ1) is 16.5. The number of carbonyl (C=O) groups is 4. The van der Waals surface area contributed by atoms with E-state index in [-0.39, 0.29) is 24.2 Å². The quantitative estimate of drug-likeness (QED) is 0.230. The Hall–Kier alpha value is -1.55. The molecule has 0 spiro atoms. The topological polar surface area (TPSA) is 117 Å². The van der Waals surface area contributed by atoms with E-state index in [1.165, 1.54) is 5.01 Å². The molecular weight excluding hydrogens is 519 g/mol. The number of nitrogens with one attached hydrogen (secondary N) is 3. The van der Waals surface area contributed by atoms with Crippen molar-refractivity contribution >= 4 is 58.5 Å². The summed E-state index contributed by atoms with van der Waals surface area (Å²) in [4.78, 5) is 50.8. The molecule has 1 heterocycles. The lowest BCUT2D eigenvalue weighted by atomic mass is 9.83. The Kier molecular flexibility index (Phi) is 12.1. The van der Waals surface area contributed by atoms with E-state index in [1.54, 1.807) is 19.1 Å². The van der Waals surface area contributed by atoms with Gasteiger partial charge in [0.2, 0.25) is 15.6 Å². The van der Waals surface area contributed by atoms with Crippen LogP contribution in [0.4, 0.5) is 0 Å². The molecule has 0 aromatic carbocycles. The summed E-state index contributed by atoms with van der Waals surface area (Å²) in [6, 6.07) is -2.35. The minimum Gasteiger partial charge on any atom is -0.460 e. The number of carbonyl (C=O) groups excluding carboxylic acids is 4. The van der Waals surface area contributed by atoms with Crippen molar-refractivity contribution in [1.82, 2.24) is 21.1 Å². The SMILES string of the molecule is CC=CCC(=O)N[C@H](C(=O)N[C@@H](C)C(=O)N1CCC[C@@H](C(=O)OCC(Cl)(Cl)Cl)N1)C1CCCCC1. The zero-order valence-corrected chi connectivity index (χ0v) is 22.4. The first kappa shape index (κ1) is 29.7. The molecule has 0 aromatic rings. The summed E-state index contributed by atoms with van der Waals surface area (Å²) >= 11 is 16.9. The van der Waals surface area contributed by atoms with Crippen molar-refractivity contribution in [2.45, 2.75) is 87.1 Å². The Balaban J connectivity index is 1.97. The van der Waals surface area contributed by atoms with Crippen LogP contribution in [0.3, 0.4) is 0 Å². The van der Waals surface area contributed by atoms with Gasteiger partial charge in [0.1, 0.15) is 24.7 Å². The van der Waals surface area contributed by atoms with Crippen molar-refractivity contribution in [2.75, 3.05) is 13.2 Å². The van der Waals surface area contributed by atoms with Gasteiger partial charge in [-0.05, 0) is 45.4 Å². The van der Waals surface area contributed by atoms with E-state index >= 15 is 0 Å². The minimum atomic E-state index is -1.73. The predicted molar refractivity (Wildman–Crippen MR) is 135 cm³/mol. The zero-order chi connectivity index (χ0) is 26.0. The van der Waals surface area contributed by atoms with Crippen LogP contribution < -0.4 is 16.1 Å². The lowest BCUT2D eigenvalue weighted by Gasteiger charge is -2.35. The Morgan fingerprint density at radius 3 is 2.40 bits per heavy atom. The van der Waals surface area contributed by atoms with Crippen molar-refractivity contribution in [3.05, 3.63) is 12.2 Å². The lowest BCUT2D eigenvalue weighted by molar-refractivity contribution is -0.152. The summed E-state index contributed by atoms with van der Waals surface area (Å²) < 4.78 is 3.29. The molecule has 0 radical (unpaired) electrons. The molecule has 3 amide bonds. The van der Waals surface area contributed by atoms with Gasteiger partial charge in [0.25, 0.3) is 5.91 Å². The van der Waals surface area contributed by atoms with E-state index in [0.29, 0.717) is 19.4 Å². The van der Waals surface area contributed by atoms with Crippen LogP contribution in [-0.2, 0) is 23.9 Å². The van der Waals surface area contributed by atoms with Crippen molar-refractivity contribution in [1.29, 1.82) is 0 Å². The highest BCUT2D eigenvalue weighted by Crippen LogP contribution is 2.27. The molecule has 0 aromatic heterocycles. The van der Waals surface area contributed by atoms with Crippen LogP contribution in [0.2, 0.25) is 0 Å². The van der Waals surface area contributed by atoms with Crippen LogP contribution in [0, 0.1) is 5.92 Å². The van der Waals surface area contributed by atoms with Gasteiger partial charge < -0.3 is 15.4 Å². The Morgan fingerprint density at radius 1 is 1.09 bits per heavy atom. The molecule has 1 saturated carbocycles. The molecule has 1 aliphatic heterocycles. The Morgan fingerprint density at radius 2 is 1.77 bits per heavy atom. The number of amides is 3. The second-order valence-corrected chi connectivity index (χ2v) is 11.5. The van der Waals surface area contributed by atoms with Crippen LogP contribution in [0.1, 0.15) is 65.2 Å². The summed E-state index contributed by atoms with van der Waals surface area (Å²) in [5, 5.41) is 6.91. The number of allylic oxidation sites excluding steroid dienone is 1. The van der Waals surface area contributed by atoms with E-state index in [0.717, 1.165) is 32.1 Å². The van der Waals surface area contributed by atoms with Gasteiger partial charge in [0, 0.05) is 13.0 Å². The van der Waals surface area contributed by atoms with Crippen LogP contribution >= 0.6 is 34.8 Å². The van der Waals surface area contributed by atoms with Gasteiger partial charge in [0.15, 0.2) is 0 Å². The van der Waals surface area contributed by atoms with Gasteiger partial charge in [-0.1, -0.05) is 66.2 Å². The molecule has 1 aliphatic carbocycles. The van der Waals surface area contributed by atoms with Gasteiger partial charge >= 0.3 is 5.97 Å². The third-order valence-electron chi connectivity index (χ3n) is 6.10. The lowest BCUT2D eigenvalue weighted by Crippen LogP contribution is -2.61. The number of esters is 1. The van der Waals surface area contributed by atoms with Crippen LogP contribution in [0.25, 0.3) is 0 Å². The van der Waals surface area contributed by atoms with Crippen LogP contribution in [0.15, 0.2) is 12.2 Å². The maximum Gasteiger partial charge on any atom is 0.325 e. The highest BCUT2D eigenvalue weighted by atomic mass is 35.6. The Labute approximate surface area is 221 Å². The van der Waals surface area contributed by atoms with Crippen LogP contribution in [0.5, 0.6) is 0 Å². The summed E-state index contributed by atoms with van der Waals surface area (Å²) in [7, 11) is 0. The number of alkyl halides is 3. The number of rotatable bonds is 9. The molecule has 0 bridgehead atoms. The third kappa shape index (κ3) is 10.1. The summed E-state index contributed by atoms with van der Waals surface area (Å²) in [5.41, 5.74) is 2.84. The second kappa shape index (κ2) is 14.3. The Bertz CT molecular complexity index is 784. The largest absolute Gasteiger partial charge is 0.460 e. The van der Waals surface area contributed by atoms with Gasteiger partial charge in [-0.3, -0.25) is 24.2 Å². The van der Waals surface area contributed by atoms with E-state index < -0.39 is 40.4 Å². The molecule has 0 unspecified atom stereocenters. The average molecular weight is 554 g/mol. The number of ether oxygens (including phenoxy) is 1. The van der Waals surface area contributed by atoms with Crippen molar-refractivity contribution in [3.8, 4) is 0 Å². The molecule has 2 fully saturated rings. The molecule has 2 aliphatic rings. The number of hydrogen-bond donors (Lipinski definition) is 3. The molecule has 12 heteroatoms.